The second kappa shape index (κ2) is 10.7. The van der Waals surface area contributed by atoms with Gasteiger partial charge in [-0.25, -0.2) is 0 Å². The number of nitrogens with zero attached hydrogens (tertiary/aromatic N) is 1. The minimum absolute atomic E-state index is 0.0335. The van der Waals surface area contributed by atoms with E-state index in [1.807, 2.05) is 42.5 Å². The molecule has 0 spiro atoms. The van der Waals surface area contributed by atoms with Crippen molar-refractivity contribution >= 4 is 55.7 Å². The number of benzene rings is 3. The Kier molecular flexibility index (Phi) is 7.46. The molecule has 6 nitrogen and oxygen atoms in total. The lowest BCUT2D eigenvalue weighted by Crippen LogP contribution is -2.32. The summed E-state index contributed by atoms with van der Waals surface area (Å²) in [6.07, 6.45) is 6.93. The third-order valence-electron chi connectivity index (χ3n) is 5.05. The van der Waals surface area contributed by atoms with Crippen LogP contribution >= 0.6 is 27.7 Å². The van der Waals surface area contributed by atoms with Crippen molar-refractivity contribution in [2.24, 2.45) is 0 Å². The van der Waals surface area contributed by atoms with Gasteiger partial charge in [-0.3, -0.25) is 14.5 Å². The van der Waals surface area contributed by atoms with Gasteiger partial charge in [-0.05, 0) is 41.4 Å². The average molecular weight is 538 g/mol. The Morgan fingerprint density at radius 2 is 1.88 bits per heavy atom. The molecule has 0 atom stereocenters. The monoisotopic (exact) mass is 537 g/mol. The smallest absolute Gasteiger partial charge is 0.293 e. The number of methoxy groups -OCH3 is 1. The molecule has 1 saturated heterocycles. The fourth-order valence-corrected chi connectivity index (χ4v) is 4.83. The van der Waals surface area contributed by atoms with E-state index in [2.05, 4.69) is 21.9 Å². The molecule has 0 radical (unpaired) electrons. The number of imide groups is 1. The van der Waals surface area contributed by atoms with Crippen molar-refractivity contribution in [2.45, 2.75) is 0 Å². The van der Waals surface area contributed by atoms with Gasteiger partial charge in [-0.15, -0.1) is 6.42 Å². The number of thioether (sulfide) groups is 1. The van der Waals surface area contributed by atoms with Gasteiger partial charge in [0.2, 0.25) is 0 Å². The summed E-state index contributed by atoms with van der Waals surface area (Å²) in [6.45, 7) is 0.347. The second-order valence-electron chi connectivity index (χ2n) is 7.18. The Morgan fingerprint density at radius 1 is 1.09 bits per heavy atom. The Labute approximate surface area is 210 Å². The number of carbonyl (C=O) groups is 2. The third-order valence-corrected chi connectivity index (χ3v) is 6.42. The summed E-state index contributed by atoms with van der Waals surface area (Å²) in [4.78, 5) is 27.0. The van der Waals surface area contributed by atoms with Gasteiger partial charge in [0.15, 0.2) is 11.5 Å². The molecule has 0 aliphatic carbocycles. The molecule has 0 aromatic heterocycles. The molecule has 0 N–H and O–H groups in total. The fraction of sp³-hybridized carbons (Fsp3) is 0.154. The summed E-state index contributed by atoms with van der Waals surface area (Å²) in [5, 5.41) is 1.68. The molecule has 0 unspecified atom stereocenters. The first-order chi connectivity index (χ1) is 16.5. The molecule has 34 heavy (non-hydrogen) atoms. The number of fused-ring (bicyclic) bond motifs is 1. The maximum atomic E-state index is 13.0. The molecule has 3 aromatic rings. The number of hydrogen-bond acceptors (Lipinski definition) is 6. The molecular formula is C26H20BrNO5S. The fourth-order valence-electron chi connectivity index (χ4n) is 3.52. The molecular weight excluding hydrogens is 518 g/mol. The predicted octanol–water partition coefficient (Wildman–Crippen LogP) is 5.74. The number of rotatable bonds is 8. The quantitative estimate of drug-likeness (QED) is 0.269. The zero-order valence-corrected chi connectivity index (χ0v) is 20.6. The van der Waals surface area contributed by atoms with Crippen LogP contribution in [0.15, 0.2) is 64.0 Å². The van der Waals surface area contributed by atoms with Crippen LogP contribution in [-0.2, 0) is 4.79 Å². The lowest BCUT2D eigenvalue weighted by Gasteiger charge is -2.14. The molecule has 1 aliphatic rings. The van der Waals surface area contributed by atoms with Crippen molar-refractivity contribution in [3.63, 3.8) is 0 Å². The Hall–Kier alpha value is -3.41. The zero-order valence-electron chi connectivity index (χ0n) is 18.2. The number of ether oxygens (including phenoxy) is 3. The van der Waals surface area contributed by atoms with Crippen molar-refractivity contribution in [2.75, 3.05) is 26.9 Å². The van der Waals surface area contributed by atoms with Crippen LogP contribution in [0, 0.1) is 12.3 Å². The van der Waals surface area contributed by atoms with Gasteiger partial charge in [0.25, 0.3) is 11.1 Å². The highest BCUT2D eigenvalue weighted by Gasteiger charge is 2.35. The van der Waals surface area contributed by atoms with E-state index in [1.54, 1.807) is 18.2 Å². The van der Waals surface area contributed by atoms with E-state index in [9.17, 15) is 9.59 Å². The van der Waals surface area contributed by atoms with Gasteiger partial charge >= 0.3 is 0 Å². The molecule has 0 bridgehead atoms. The van der Waals surface area contributed by atoms with Crippen LogP contribution in [0.1, 0.15) is 5.56 Å². The molecule has 8 heteroatoms. The van der Waals surface area contributed by atoms with Gasteiger partial charge in [0.1, 0.15) is 19.0 Å². The molecule has 1 aliphatic heterocycles. The third kappa shape index (κ3) is 5.06. The van der Waals surface area contributed by atoms with Crippen molar-refractivity contribution < 1.29 is 23.8 Å². The molecule has 4 rings (SSSR count). The summed E-state index contributed by atoms with van der Waals surface area (Å²) in [6, 6.07) is 17.2. The van der Waals surface area contributed by atoms with Crippen LogP contribution in [0.3, 0.4) is 0 Å². The first kappa shape index (κ1) is 23.7. The highest BCUT2D eigenvalue weighted by Crippen LogP contribution is 2.39. The molecule has 172 valence electrons. The van der Waals surface area contributed by atoms with Gasteiger partial charge in [-0.1, -0.05) is 58.2 Å². The topological polar surface area (TPSA) is 65.1 Å². The maximum Gasteiger partial charge on any atom is 0.293 e. The lowest BCUT2D eigenvalue weighted by atomic mass is 10.1. The number of halogens is 1. The van der Waals surface area contributed by atoms with E-state index < -0.39 is 5.91 Å². The van der Waals surface area contributed by atoms with Crippen molar-refractivity contribution in [3.8, 4) is 29.6 Å². The normalized spacial score (nSPS) is 14.5. The first-order valence-corrected chi connectivity index (χ1v) is 11.9. The standard InChI is InChI=1S/C26H20BrNO5S/c1-3-12-33-24-18(14-19(27)16-22(24)31-2)15-23-25(29)28(26(30)34-23)11-13-32-21-10-6-8-17-7-4-5-9-20(17)21/h1,4-10,14-16H,11-13H2,2H3/b23-15-. The van der Waals surface area contributed by atoms with Gasteiger partial charge < -0.3 is 14.2 Å². The van der Waals surface area contributed by atoms with E-state index in [-0.39, 0.29) is 29.9 Å². The molecule has 1 heterocycles. The SMILES string of the molecule is C#CCOc1c(/C=C2\SC(=O)N(CCOc3cccc4ccccc34)C2=O)cc(Br)cc1OC. The van der Waals surface area contributed by atoms with Crippen LogP contribution in [0.4, 0.5) is 4.79 Å². The summed E-state index contributed by atoms with van der Waals surface area (Å²) >= 11 is 4.30. The zero-order chi connectivity index (χ0) is 24.1. The number of amides is 2. The van der Waals surface area contributed by atoms with E-state index >= 15 is 0 Å². The number of terminal acetylenes is 1. The van der Waals surface area contributed by atoms with Crippen molar-refractivity contribution in [3.05, 3.63) is 69.5 Å². The maximum absolute atomic E-state index is 13.0. The van der Waals surface area contributed by atoms with E-state index in [4.69, 9.17) is 20.6 Å². The predicted molar refractivity (Wildman–Crippen MR) is 137 cm³/mol. The summed E-state index contributed by atoms with van der Waals surface area (Å²) in [5.41, 5.74) is 0.569. The minimum atomic E-state index is -0.390. The molecule has 0 saturated carbocycles. The van der Waals surface area contributed by atoms with Gasteiger partial charge in [0.05, 0.1) is 18.6 Å². The number of hydrogen-bond donors (Lipinski definition) is 0. The van der Waals surface area contributed by atoms with E-state index in [1.165, 1.54) is 12.0 Å². The van der Waals surface area contributed by atoms with E-state index in [0.29, 0.717) is 22.8 Å². The lowest BCUT2D eigenvalue weighted by molar-refractivity contribution is -0.123. The summed E-state index contributed by atoms with van der Waals surface area (Å²) < 4.78 is 17.7. The largest absolute Gasteiger partial charge is 0.493 e. The molecule has 2 amide bonds. The van der Waals surface area contributed by atoms with Crippen molar-refractivity contribution in [1.82, 2.24) is 4.90 Å². The van der Waals surface area contributed by atoms with Crippen LogP contribution in [0.5, 0.6) is 17.2 Å². The van der Waals surface area contributed by atoms with Crippen LogP contribution in [-0.4, -0.2) is 42.9 Å². The van der Waals surface area contributed by atoms with Gasteiger partial charge in [-0.2, -0.15) is 0 Å². The molecule has 1 fully saturated rings. The second-order valence-corrected chi connectivity index (χ2v) is 9.09. The van der Waals surface area contributed by atoms with Gasteiger partial charge in [0, 0.05) is 15.4 Å². The number of carbonyl (C=O) groups excluding carboxylic acids is 2. The Balaban J connectivity index is 1.51. The Bertz CT molecular complexity index is 1330. The van der Waals surface area contributed by atoms with E-state index in [0.717, 1.165) is 27.0 Å². The average Bonchev–Trinajstić information content (AvgIpc) is 3.10. The first-order valence-electron chi connectivity index (χ1n) is 10.3. The van der Waals surface area contributed by atoms with Crippen LogP contribution in [0.25, 0.3) is 16.8 Å². The Morgan fingerprint density at radius 3 is 2.68 bits per heavy atom. The highest BCUT2D eigenvalue weighted by molar-refractivity contribution is 9.10. The molecule has 3 aromatic carbocycles. The van der Waals surface area contributed by atoms with Crippen LogP contribution < -0.4 is 14.2 Å². The van der Waals surface area contributed by atoms with Crippen LogP contribution in [0.2, 0.25) is 0 Å². The summed E-state index contributed by atoms with van der Waals surface area (Å²) in [7, 11) is 1.51. The highest BCUT2D eigenvalue weighted by atomic mass is 79.9. The summed E-state index contributed by atoms with van der Waals surface area (Å²) in [5.74, 6) is 3.59. The van der Waals surface area contributed by atoms with Crippen molar-refractivity contribution in [1.29, 1.82) is 0 Å². The minimum Gasteiger partial charge on any atom is -0.493 e.